The standard InChI is InChI=1S/C12H11ClN2O3S/c1-18-11(17)7-2-3-9(10(16)4-7)14-5-8-6-15-12(13)19-8/h2-4,6,14,16H,5H2,1H3. The molecule has 0 aliphatic rings. The van der Waals surface area contributed by atoms with Crippen molar-refractivity contribution < 1.29 is 14.6 Å². The van der Waals surface area contributed by atoms with Crippen molar-refractivity contribution in [1.82, 2.24) is 4.98 Å². The molecule has 2 rings (SSSR count). The molecule has 19 heavy (non-hydrogen) atoms. The summed E-state index contributed by atoms with van der Waals surface area (Å²) in [5.74, 6) is -0.505. The van der Waals surface area contributed by atoms with Gasteiger partial charge in [-0.05, 0) is 18.2 Å². The van der Waals surface area contributed by atoms with Crippen molar-refractivity contribution >= 4 is 34.6 Å². The van der Waals surface area contributed by atoms with Crippen LogP contribution >= 0.6 is 22.9 Å². The highest BCUT2D eigenvalue weighted by molar-refractivity contribution is 7.15. The number of esters is 1. The van der Waals surface area contributed by atoms with Gasteiger partial charge in [0, 0.05) is 11.1 Å². The Balaban J connectivity index is 2.07. The van der Waals surface area contributed by atoms with Crippen LogP contribution in [0, 0.1) is 0 Å². The zero-order valence-electron chi connectivity index (χ0n) is 10.0. The molecule has 2 aromatic rings. The Kier molecular flexibility index (Phi) is 4.24. The molecule has 0 saturated heterocycles. The van der Waals surface area contributed by atoms with Gasteiger partial charge >= 0.3 is 5.97 Å². The number of nitrogens with one attached hydrogen (secondary N) is 1. The van der Waals surface area contributed by atoms with Gasteiger partial charge in [0.25, 0.3) is 0 Å². The normalized spacial score (nSPS) is 10.2. The lowest BCUT2D eigenvalue weighted by Crippen LogP contribution is -2.02. The average Bonchev–Trinajstić information content (AvgIpc) is 2.82. The van der Waals surface area contributed by atoms with Crippen LogP contribution in [0.5, 0.6) is 5.75 Å². The molecule has 1 aromatic carbocycles. The molecular weight excluding hydrogens is 288 g/mol. The van der Waals surface area contributed by atoms with Gasteiger partial charge in [0.15, 0.2) is 4.47 Å². The highest BCUT2D eigenvalue weighted by atomic mass is 35.5. The fraction of sp³-hybridized carbons (Fsp3) is 0.167. The van der Waals surface area contributed by atoms with E-state index < -0.39 is 5.97 Å². The van der Waals surface area contributed by atoms with Crippen molar-refractivity contribution in [3.63, 3.8) is 0 Å². The number of nitrogens with zero attached hydrogens (tertiary/aromatic N) is 1. The Labute approximate surface area is 118 Å². The summed E-state index contributed by atoms with van der Waals surface area (Å²) in [4.78, 5) is 16.1. The largest absolute Gasteiger partial charge is 0.506 e. The number of phenolic OH excluding ortho intramolecular Hbond substituents is 1. The van der Waals surface area contributed by atoms with E-state index in [0.717, 1.165) is 4.88 Å². The van der Waals surface area contributed by atoms with Gasteiger partial charge in [0.1, 0.15) is 5.75 Å². The summed E-state index contributed by atoms with van der Waals surface area (Å²) < 4.78 is 5.05. The molecule has 0 fully saturated rings. The Morgan fingerprint density at radius 3 is 2.95 bits per heavy atom. The average molecular weight is 299 g/mol. The minimum absolute atomic E-state index is 0.0153. The summed E-state index contributed by atoms with van der Waals surface area (Å²) in [6.45, 7) is 0.496. The minimum atomic E-state index is -0.490. The quantitative estimate of drug-likeness (QED) is 0.671. The molecule has 0 amide bonds. The second kappa shape index (κ2) is 5.90. The van der Waals surface area contributed by atoms with Gasteiger partial charge in [-0.1, -0.05) is 11.6 Å². The van der Waals surface area contributed by atoms with Crippen molar-refractivity contribution in [2.75, 3.05) is 12.4 Å². The van der Waals surface area contributed by atoms with Crippen LogP contribution in [-0.4, -0.2) is 23.2 Å². The second-order valence-corrected chi connectivity index (χ2v) is 5.35. The van der Waals surface area contributed by atoms with Crippen LogP contribution < -0.4 is 5.32 Å². The van der Waals surface area contributed by atoms with Crippen LogP contribution in [0.25, 0.3) is 0 Å². The van der Waals surface area contributed by atoms with Gasteiger partial charge in [-0.3, -0.25) is 0 Å². The molecule has 1 heterocycles. The van der Waals surface area contributed by atoms with Crippen LogP contribution in [0.4, 0.5) is 5.69 Å². The third-order valence-corrected chi connectivity index (χ3v) is 3.51. The number of carbonyl (C=O) groups is 1. The maximum absolute atomic E-state index is 11.3. The van der Waals surface area contributed by atoms with Crippen molar-refractivity contribution in [2.24, 2.45) is 0 Å². The van der Waals surface area contributed by atoms with E-state index >= 15 is 0 Å². The number of hydrogen-bond acceptors (Lipinski definition) is 6. The first-order valence-corrected chi connectivity index (χ1v) is 6.55. The van der Waals surface area contributed by atoms with Crippen LogP contribution in [-0.2, 0) is 11.3 Å². The SMILES string of the molecule is COC(=O)c1ccc(NCc2cnc(Cl)s2)c(O)c1. The Hall–Kier alpha value is -1.79. The topological polar surface area (TPSA) is 71.5 Å². The van der Waals surface area contributed by atoms with E-state index in [0.29, 0.717) is 22.3 Å². The molecule has 0 aliphatic heterocycles. The second-order valence-electron chi connectivity index (χ2n) is 3.66. The number of aromatic nitrogens is 1. The molecule has 5 nitrogen and oxygen atoms in total. The molecular formula is C12H11ClN2O3S. The van der Waals surface area contributed by atoms with Gasteiger partial charge in [-0.2, -0.15) is 0 Å². The summed E-state index contributed by atoms with van der Waals surface area (Å²) in [5, 5.41) is 12.8. The number of ether oxygens (including phenoxy) is 1. The molecule has 1 aromatic heterocycles. The van der Waals surface area contributed by atoms with E-state index in [4.69, 9.17) is 11.6 Å². The molecule has 0 atom stereocenters. The molecule has 0 unspecified atom stereocenters. The zero-order valence-corrected chi connectivity index (χ0v) is 11.6. The van der Waals surface area contributed by atoms with E-state index in [2.05, 4.69) is 15.0 Å². The summed E-state index contributed by atoms with van der Waals surface area (Å²) >= 11 is 7.08. The summed E-state index contributed by atoms with van der Waals surface area (Å²) in [5.41, 5.74) is 0.823. The van der Waals surface area contributed by atoms with Gasteiger partial charge < -0.3 is 15.2 Å². The number of halogens is 1. The molecule has 0 radical (unpaired) electrons. The highest BCUT2D eigenvalue weighted by Crippen LogP contribution is 2.26. The summed E-state index contributed by atoms with van der Waals surface area (Å²) in [6.07, 6.45) is 1.67. The molecule has 7 heteroatoms. The fourth-order valence-electron chi connectivity index (χ4n) is 1.47. The number of methoxy groups -OCH3 is 1. The Morgan fingerprint density at radius 1 is 1.58 bits per heavy atom. The van der Waals surface area contributed by atoms with Gasteiger partial charge in [-0.15, -0.1) is 11.3 Å². The maximum atomic E-state index is 11.3. The van der Waals surface area contributed by atoms with Crippen molar-refractivity contribution in [2.45, 2.75) is 6.54 Å². The zero-order chi connectivity index (χ0) is 13.8. The molecule has 2 N–H and O–H groups in total. The lowest BCUT2D eigenvalue weighted by molar-refractivity contribution is 0.0600. The monoisotopic (exact) mass is 298 g/mol. The fourth-order valence-corrected chi connectivity index (χ4v) is 2.39. The van der Waals surface area contributed by atoms with Crippen LogP contribution in [0.2, 0.25) is 4.47 Å². The highest BCUT2D eigenvalue weighted by Gasteiger charge is 2.09. The first kappa shape index (κ1) is 13.6. The predicted molar refractivity (Wildman–Crippen MR) is 73.9 cm³/mol. The first-order chi connectivity index (χ1) is 9.10. The maximum Gasteiger partial charge on any atom is 0.337 e. The van der Waals surface area contributed by atoms with Crippen molar-refractivity contribution in [1.29, 1.82) is 0 Å². The van der Waals surface area contributed by atoms with Gasteiger partial charge in [0.2, 0.25) is 0 Å². The number of aromatic hydroxyl groups is 1. The lowest BCUT2D eigenvalue weighted by atomic mass is 10.2. The van der Waals surface area contributed by atoms with E-state index in [1.165, 1.54) is 24.5 Å². The third kappa shape index (κ3) is 3.36. The molecule has 0 spiro atoms. The van der Waals surface area contributed by atoms with E-state index in [1.54, 1.807) is 18.3 Å². The Morgan fingerprint density at radius 2 is 2.37 bits per heavy atom. The molecule has 0 aliphatic carbocycles. The van der Waals surface area contributed by atoms with Gasteiger partial charge in [0.05, 0.1) is 24.9 Å². The molecule has 100 valence electrons. The summed E-state index contributed by atoms with van der Waals surface area (Å²) in [7, 11) is 1.29. The van der Waals surface area contributed by atoms with E-state index in [9.17, 15) is 9.90 Å². The van der Waals surface area contributed by atoms with Crippen LogP contribution in [0.3, 0.4) is 0 Å². The lowest BCUT2D eigenvalue weighted by Gasteiger charge is -2.08. The number of anilines is 1. The number of hydrogen-bond donors (Lipinski definition) is 2. The number of benzene rings is 1. The first-order valence-electron chi connectivity index (χ1n) is 5.35. The van der Waals surface area contributed by atoms with E-state index in [1.807, 2.05) is 0 Å². The van der Waals surface area contributed by atoms with Crippen molar-refractivity contribution in [3.05, 3.63) is 39.3 Å². The number of phenols is 1. The minimum Gasteiger partial charge on any atom is -0.506 e. The number of rotatable bonds is 4. The van der Waals surface area contributed by atoms with E-state index in [-0.39, 0.29) is 5.75 Å². The molecule has 0 saturated carbocycles. The van der Waals surface area contributed by atoms with Crippen LogP contribution in [0.15, 0.2) is 24.4 Å². The van der Waals surface area contributed by atoms with Crippen LogP contribution in [0.1, 0.15) is 15.2 Å². The third-order valence-electron chi connectivity index (χ3n) is 2.40. The molecule has 0 bridgehead atoms. The summed E-state index contributed by atoms with van der Waals surface area (Å²) in [6, 6.07) is 4.55. The number of carbonyl (C=O) groups excluding carboxylic acids is 1. The number of thiazole rings is 1. The smallest absolute Gasteiger partial charge is 0.337 e. The van der Waals surface area contributed by atoms with Gasteiger partial charge in [-0.25, -0.2) is 9.78 Å². The van der Waals surface area contributed by atoms with Crippen molar-refractivity contribution in [3.8, 4) is 5.75 Å². The predicted octanol–water partition coefficient (Wildman–Crippen LogP) is 2.90. The Bertz CT molecular complexity index is 600.